The molecule has 2 aliphatic heterocycles. The number of amides is 1. The zero-order valence-corrected chi connectivity index (χ0v) is 17.1. The highest BCUT2D eigenvalue weighted by atomic mass is 32.2. The molecule has 1 aromatic carbocycles. The van der Waals surface area contributed by atoms with E-state index in [1.807, 2.05) is 30.5 Å². The molecular weight excluding hydrogens is 380 g/mol. The first-order valence-corrected chi connectivity index (χ1v) is 11.0. The topological polar surface area (TPSA) is 49.6 Å². The van der Waals surface area contributed by atoms with Crippen molar-refractivity contribution in [2.24, 2.45) is 0 Å². The van der Waals surface area contributed by atoms with Crippen molar-refractivity contribution >= 4 is 29.4 Å². The van der Waals surface area contributed by atoms with E-state index in [0.29, 0.717) is 0 Å². The van der Waals surface area contributed by atoms with Gasteiger partial charge >= 0.3 is 0 Å². The van der Waals surface area contributed by atoms with Gasteiger partial charge < -0.3 is 10.2 Å². The van der Waals surface area contributed by atoms with E-state index in [2.05, 4.69) is 49.9 Å². The van der Waals surface area contributed by atoms with Crippen LogP contribution in [0, 0.1) is 0 Å². The third kappa shape index (κ3) is 3.95. The van der Waals surface area contributed by atoms with Gasteiger partial charge in [-0.1, -0.05) is 48.2 Å². The van der Waals surface area contributed by atoms with Gasteiger partial charge in [0.1, 0.15) is 5.65 Å². The van der Waals surface area contributed by atoms with E-state index in [0.717, 1.165) is 60.2 Å². The number of nitrogens with zero attached hydrogens (tertiary/aromatic N) is 3. The highest BCUT2D eigenvalue weighted by Crippen LogP contribution is 2.34. The number of hydrogen-bond donors (Lipinski definition) is 1. The molecule has 0 aliphatic carbocycles. The van der Waals surface area contributed by atoms with E-state index in [-0.39, 0.29) is 11.9 Å². The van der Waals surface area contributed by atoms with Crippen molar-refractivity contribution in [1.82, 2.24) is 19.6 Å². The fraction of sp³-hybridized carbons (Fsp3) is 0.304. The summed E-state index contributed by atoms with van der Waals surface area (Å²) in [5, 5.41) is 4.28. The molecule has 1 amide bonds. The Labute approximate surface area is 174 Å². The summed E-state index contributed by atoms with van der Waals surface area (Å²) in [7, 11) is 0. The maximum absolute atomic E-state index is 12.9. The number of likely N-dealkylation sites (tertiary alicyclic amines) is 1. The zero-order valence-electron chi connectivity index (χ0n) is 16.3. The van der Waals surface area contributed by atoms with Crippen molar-refractivity contribution in [2.75, 3.05) is 19.6 Å². The van der Waals surface area contributed by atoms with Gasteiger partial charge in [-0.2, -0.15) is 0 Å². The second kappa shape index (κ2) is 8.05. The van der Waals surface area contributed by atoms with Crippen molar-refractivity contribution in [1.29, 1.82) is 0 Å². The van der Waals surface area contributed by atoms with Gasteiger partial charge in [-0.05, 0) is 49.6 Å². The fourth-order valence-corrected chi connectivity index (χ4v) is 5.15. The highest BCUT2D eigenvalue weighted by molar-refractivity contribution is 8.04. The average molecular weight is 405 g/mol. The van der Waals surface area contributed by atoms with Gasteiger partial charge in [0.25, 0.3) is 5.91 Å². The third-order valence-corrected chi connectivity index (χ3v) is 6.68. The number of rotatable bonds is 6. The predicted molar refractivity (Wildman–Crippen MR) is 117 cm³/mol. The Balaban J connectivity index is 1.15. The van der Waals surface area contributed by atoms with Gasteiger partial charge in [-0.15, -0.1) is 0 Å². The number of hydrogen-bond acceptors (Lipinski definition) is 4. The molecule has 0 radical (unpaired) electrons. The van der Waals surface area contributed by atoms with Gasteiger partial charge in [0.2, 0.25) is 0 Å². The molecule has 4 heterocycles. The van der Waals surface area contributed by atoms with Crippen LogP contribution in [0.4, 0.5) is 0 Å². The molecular formula is C23H24N4OS. The molecule has 0 saturated carbocycles. The zero-order chi connectivity index (χ0) is 19.6. The predicted octanol–water partition coefficient (Wildman–Crippen LogP) is 3.60. The quantitative estimate of drug-likeness (QED) is 0.682. The largest absolute Gasteiger partial charge is 0.348 e. The van der Waals surface area contributed by atoms with Crippen molar-refractivity contribution in [2.45, 2.75) is 30.3 Å². The second-order valence-electron chi connectivity index (χ2n) is 7.70. The molecule has 1 fully saturated rings. The van der Waals surface area contributed by atoms with Gasteiger partial charge in [0.15, 0.2) is 0 Å². The number of carbonyl (C=O) groups excluding carboxylic acids is 1. The summed E-state index contributed by atoms with van der Waals surface area (Å²) in [5.74, 6) is 0.0237. The first-order chi connectivity index (χ1) is 14.3. The van der Waals surface area contributed by atoms with Crippen molar-refractivity contribution in [3.63, 3.8) is 0 Å². The van der Waals surface area contributed by atoms with Crippen LogP contribution in [0.25, 0.3) is 11.7 Å². The maximum atomic E-state index is 12.9. The Bertz CT molecular complexity index is 1060. The Morgan fingerprint density at radius 2 is 2.07 bits per heavy atom. The molecule has 5 nitrogen and oxygen atoms in total. The van der Waals surface area contributed by atoms with Crippen LogP contribution in [0.3, 0.4) is 0 Å². The molecule has 0 spiro atoms. The van der Waals surface area contributed by atoms with Crippen LogP contribution in [-0.4, -0.2) is 45.9 Å². The smallest absolute Gasteiger partial charge is 0.258 e. The number of thioether (sulfide) groups is 1. The summed E-state index contributed by atoms with van der Waals surface area (Å²) in [6.07, 6.45) is 7.05. The number of carbonyl (C=O) groups is 1. The van der Waals surface area contributed by atoms with Crippen LogP contribution >= 0.6 is 11.8 Å². The average Bonchev–Trinajstić information content (AvgIpc) is 3.37. The summed E-state index contributed by atoms with van der Waals surface area (Å²) in [6, 6.07) is 16.9. The molecule has 2 aliphatic rings. The van der Waals surface area contributed by atoms with Crippen LogP contribution < -0.4 is 5.32 Å². The second-order valence-corrected chi connectivity index (χ2v) is 8.76. The standard InChI is InChI=1S/C23H24N4OS/c28-23(20-14-19-15-24-21-9-4-10-22(29-20)27(19)21)25-18-11-13-26(16-18)12-5-8-17-6-2-1-3-7-17/h1-4,6-7,9-10,14-15,18H,5,8,11-13,16H2,(H,25,28)/t18-/m0/s1. The molecule has 2 aromatic heterocycles. The lowest BCUT2D eigenvalue weighted by molar-refractivity contribution is -0.117. The van der Waals surface area contributed by atoms with Gasteiger partial charge in [0, 0.05) is 19.1 Å². The Morgan fingerprint density at radius 3 is 2.97 bits per heavy atom. The van der Waals surface area contributed by atoms with Gasteiger partial charge in [0.05, 0.1) is 21.8 Å². The lowest BCUT2D eigenvalue weighted by atomic mass is 10.1. The fourth-order valence-electron chi connectivity index (χ4n) is 4.16. The molecule has 0 unspecified atom stereocenters. The van der Waals surface area contributed by atoms with Gasteiger partial charge in [-0.3, -0.25) is 9.20 Å². The number of nitrogens with one attached hydrogen (secondary N) is 1. The van der Waals surface area contributed by atoms with Crippen LogP contribution in [0.5, 0.6) is 0 Å². The van der Waals surface area contributed by atoms with E-state index < -0.39 is 0 Å². The van der Waals surface area contributed by atoms with Crippen molar-refractivity contribution in [3.8, 4) is 0 Å². The van der Waals surface area contributed by atoms with Crippen LogP contribution in [0.15, 0.2) is 64.7 Å². The molecule has 0 bridgehead atoms. The minimum atomic E-state index is 0.0237. The van der Waals surface area contributed by atoms with Crippen LogP contribution in [0.1, 0.15) is 24.1 Å². The molecule has 3 aromatic rings. The van der Waals surface area contributed by atoms with Crippen LogP contribution in [-0.2, 0) is 11.2 Å². The SMILES string of the molecule is O=C(N[C@H]1CCN(CCCc2ccccc2)C1)C1=Cc2cnc3cccc(n23)S1. The minimum Gasteiger partial charge on any atom is -0.348 e. The molecule has 29 heavy (non-hydrogen) atoms. The maximum Gasteiger partial charge on any atom is 0.258 e. The van der Waals surface area contributed by atoms with Crippen molar-refractivity contribution in [3.05, 3.63) is 70.9 Å². The van der Waals surface area contributed by atoms with E-state index in [1.54, 1.807) is 0 Å². The van der Waals surface area contributed by atoms with E-state index >= 15 is 0 Å². The third-order valence-electron chi connectivity index (χ3n) is 5.63. The minimum absolute atomic E-state index is 0.0237. The summed E-state index contributed by atoms with van der Waals surface area (Å²) < 4.78 is 2.09. The van der Waals surface area contributed by atoms with E-state index in [4.69, 9.17) is 0 Å². The Kier molecular flexibility index (Phi) is 5.12. The lowest BCUT2D eigenvalue weighted by Crippen LogP contribution is -2.37. The number of imidazole rings is 1. The molecule has 5 rings (SSSR count). The normalized spacial score (nSPS) is 18.8. The molecule has 1 N–H and O–H groups in total. The number of aromatic nitrogens is 2. The number of aryl methyl sites for hydroxylation is 1. The first kappa shape index (κ1) is 18.5. The van der Waals surface area contributed by atoms with E-state index in [9.17, 15) is 4.79 Å². The number of benzene rings is 1. The molecule has 1 atom stereocenters. The Hall–Kier alpha value is -2.57. The summed E-state index contributed by atoms with van der Waals surface area (Å²) >= 11 is 1.52. The molecule has 1 saturated heterocycles. The van der Waals surface area contributed by atoms with Crippen molar-refractivity contribution < 1.29 is 4.79 Å². The summed E-state index contributed by atoms with van der Waals surface area (Å²) in [6.45, 7) is 3.07. The summed E-state index contributed by atoms with van der Waals surface area (Å²) in [4.78, 5) is 20.5. The van der Waals surface area contributed by atoms with E-state index in [1.165, 1.54) is 17.3 Å². The first-order valence-electron chi connectivity index (χ1n) is 10.2. The Morgan fingerprint density at radius 1 is 1.17 bits per heavy atom. The monoisotopic (exact) mass is 404 g/mol. The lowest BCUT2D eigenvalue weighted by Gasteiger charge is -2.19. The highest BCUT2D eigenvalue weighted by Gasteiger charge is 2.26. The summed E-state index contributed by atoms with van der Waals surface area (Å²) in [5.41, 5.74) is 3.28. The van der Waals surface area contributed by atoms with Gasteiger partial charge in [-0.25, -0.2) is 4.98 Å². The van der Waals surface area contributed by atoms with Crippen LogP contribution in [0.2, 0.25) is 0 Å². The molecule has 6 heteroatoms. The molecule has 148 valence electrons. The number of pyridine rings is 1.